The number of rotatable bonds is 7. The van der Waals surface area contributed by atoms with Crippen LogP contribution in [0.4, 0.5) is 10.1 Å². The van der Waals surface area contributed by atoms with Gasteiger partial charge < -0.3 is 15.2 Å². The van der Waals surface area contributed by atoms with Gasteiger partial charge in [0.1, 0.15) is 16.9 Å². The van der Waals surface area contributed by atoms with Gasteiger partial charge >= 0.3 is 0 Å². The number of anilines is 1. The highest BCUT2D eigenvalue weighted by Crippen LogP contribution is 2.34. The number of hydrogen-bond acceptors (Lipinski definition) is 5. The number of aromatic amines is 2. The Morgan fingerprint density at radius 1 is 1.15 bits per heavy atom. The summed E-state index contributed by atoms with van der Waals surface area (Å²) in [6.07, 6.45) is 10.6. The Morgan fingerprint density at radius 3 is 2.62 bits per heavy atom. The highest BCUT2D eigenvalue weighted by molar-refractivity contribution is 5.97. The molecule has 0 saturated carbocycles. The van der Waals surface area contributed by atoms with Crippen molar-refractivity contribution in [1.82, 2.24) is 30.5 Å². The molecule has 5 rings (SSSR count). The van der Waals surface area contributed by atoms with E-state index in [-0.39, 0.29) is 11.1 Å². The Kier molecular flexibility index (Phi) is 7.12. The number of benzene rings is 1. The van der Waals surface area contributed by atoms with E-state index in [1.165, 1.54) is 19.3 Å². The van der Waals surface area contributed by atoms with Gasteiger partial charge in [0.15, 0.2) is 11.6 Å². The minimum atomic E-state index is -0.463. The lowest BCUT2D eigenvalue weighted by Crippen LogP contribution is -2.29. The molecule has 4 heterocycles. The van der Waals surface area contributed by atoms with Gasteiger partial charge in [0.25, 0.3) is 0 Å². The maximum Gasteiger partial charge on any atom is 0.161 e. The standard InChI is InChI=1S/C31H36FN7/c1-7-20(17-21(8-2)34-19(3)31(4,5)6)27-26(32)25-23(18-33-27)37-38-29(25)30-35-22-13-12-14-24(28(22)36-30)39-15-10-9-11-16-39/h7-8,12-14,17-18,34H,2-3,9-11,15-16H2,1,4-6H3,(H,35,36)(H,37,38)/b20-7+,21-17+. The Balaban J connectivity index is 1.56. The van der Waals surface area contributed by atoms with Gasteiger partial charge in [-0.3, -0.25) is 10.1 Å². The number of nitrogens with one attached hydrogen (secondary N) is 3. The van der Waals surface area contributed by atoms with E-state index < -0.39 is 5.82 Å². The summed E-state index contributed by atoms with van der Waals surface area (Å²) in [6, 6.07) is 6.13. The number of H-pyrrole nitrogens is 2. The fourth-order valence-corrected chi connectivity index (χ4v) is 4.83. The maximum absolute atomic E-state index is 16.2. The summed E-state index contributed by atoms with van der Waals surface area (Å²) in [5, 5.41) is 11.0. The SMILES string of the molecule is C=C/C(=C\C(=C/C)c1ncc2[nH]nc(-c3nc4c(N5CCCCC5)cccc4[nH]3)c2c1F)NC(=C)C(C)(C)C. The molecule has 39 heavy (non-hydrogen) atoms. The van der Waals surface area contributed by atoms with Gasteiger partial charge in [-0.15, -0.1) is 0 Å². The van der Waals surface area contributed by atoms with Gasteiger partial charge in [-0.2, -0.15) is 5.10 Å². The quantitative estimate of drug-likeness (QED) is 0.221. The molecule has 4 aromatic rings. The van der Waals surface area contributed by atoms with Crippen LogP contribution < -0.4 is 10.2 Å². The lowest BCUT2D eigenvalue weighted by molar-refractivity contribution is 0.478. The van der Waals surface area contributed by atoms with Crippen LogP contribution in [0.15, 0.2) is 67.2 Å². The van der Waals surface area contributed by atoms with Crippen molar-refractivity contribution in [2.24, 2.45) is 5.41 Å². The zero-order valence-corrected chi connectivity index (χ0v) is 23.2. The Labute approximate surface area is 228 Å². The zero-order valence-electron chi connectivity index (χ0n) is 23.2. The van der Waals surface area contributed by atoms with Crippen LogP contribution in [0, 0.1) is 11.2 Å². The zero-order chi connectivity index (χ0) is 27.7. The second-order valence-corrected chi connectivity index (χ2v) is 11.0. The topological polar surface area (TPSA) is 85.5 Å². The van der Waals surface area contributed by atoms with E-state index in [0.717, 1.165) is 35.5 Å². The van der Waals surface area contributed by atoms with Crippen LogP contribution in [0.2, 0.25) is 0 Å². The lowest BCUT2D eigenvalue weighted by atomic mass is 9.92. The summed E-state index contributed by atoms with van der Waals surface area (Å²) in [5.41, 5.74) is 6.03. The minimum Gasteiger partial charge on any atom is -0.370 e. The molecule has 0 amide bonds. The molecule has 3 aromatic heterocycles. The van der Waals surface area contributed by atoms with Gasteiger partial charge in [0.05, 0.1) is 28.3 Å². The highest BCUT2D eigenvalue weighted by atomic mass is 19.1. The van der Waals surface area contributed by atoms with Crippen molar-refractivity contribution in [2.75, 3.05) is 18.0 Å². The summed E-state index contributed by atoms with van der Waals surface area (Å²) in [7, 11) is 0. The molecule has 1 aromatic carbocycles. The molecule has 1 aliphatic rings. The number of aromatic nitrogens is 5. The van der Waals surface area contributed by atoms with E-state index >= 15 is 4.39 Å². The largest absolute Gasteiger partial charge is 0.370 e. The number of pyridine rings is 1. The summed E-state index contributed by atoms with van der Waals surface area (Å²) in [4.78, 5) is 15.1. The van der Waals surface area contributed by atoms with Crippen molar-refractivity contribution in [2.45, 2.75) is 47.0 Å². The fraction of sp³-hybridized carbons (Fsp3) is 0.323. The van der Waals surface area contributed by atoms with Gasteiger partial charge in [-0.05, 0) is 50.5 Å². The average Bonchev–Trinajstić information content (AvgIpc) is 3.56. The van der Waals surface area contributed by atoms with E-state index in [2.05, 4.69) is 70.4 Å². The number of imidazole rings is 1. The number of allylic oxidation sites excluding steroid dienone is 5. The monoisotopic (exact) mass is 525 g/mol. The molecule has 202 valence electrons. The summed E-state index contributed by atoms with van der Waals surface area (Å²) in [5.74, 6) is 0.0552. The van der Waals surface area contributed by atoms with Crippen molar-refractivity contribution in [3.8, 4) is 11.5 Å². The normalized spacial score (nSPS) is 15.3. The Hall–Kier alpha value is -4.20. The Bertz CT molecular complexity index is 1610. The van der Waals surface area contributed by atoms with Crippen LogP contribution in [0.5, 0.6) is 0 Å². The number of para-hydroxylation sites is 1. The second-order valence-electron chi connectivity index (χ2n) is 11.0. The van der Waals surface area contributed by atoms with E-state index in [1.54, 1.807) is 12.3 Å². The highest BCUT2D eigenvalue weighted by Gasteiger charge is 2.23. The van der Waals surface area contributed by atoms with Crippen LogP contribution in [0.3, 0.4) is 0 Å². The van der Waals surface area contributed by atoms with Gasteiger partial charge in [-0.25, -0.2) is 9.37 Å². The van der Waals surface area contributed by atoms with Gasteiger partial charge in [-0.1, -0.05) is 46.1 Å². The summed E-state index contributed by atoms with van der Waals surface area (Å²) in [6.45, 7) is 18.1. The third-order valence-electron chi connectivity index (χ3n) is 7.27. The van der Waals surface area contributed by atoms with Gasteiger partial charge in [0.2, 0.25) is 0 Å². The van der Waals surface area contributed by atoms with Crippen molar-refractivity contribution in [1.29, 1.82) is 0 Å². The first-order valence-corrected chi connectivity index (χ1v) is 13.4. The molecular weight excluding hydrogens is 489 g/mol. The minimum absolute atomic E-state index is 0.146. The molecule has 0 spiro atoms. The van der Waals surface area contributed by atoms with Crippen molar-refractivity contribution in [3.63, 3.8) is 0 Å². The molecule has 0 bridgehead atoms. The number of hydrogen-bond donors (Lipinski definition) is 3. The molecule has 0 radical (unpaired) electrons. The lowest BCUT2D eigenvalue weighted by Gasteiger charge is -2.28. The summed E-state index contributed by atoms with van der Waals surface area (Å²) < 4.78 is 16.2. The molecular formula is C31H36FN7. The van der Waals surface area contributed by atoms with Crippen LogP contribution in [-0.4, -0.2) is 38.2 Å². The van der Waals surface area contributed by atoms with E-state index in [1.807, 2.05) is 31.2 Å². The molecule has 8 heteroatoms. The van der Waals surface area contributed by atoms with E-state index in [0.29, 0.717) is 33.7 Å². The predicted octanol–water partition coefficient (Wildman–Crippen LogP) is 7.25. The van der Waals surface area contributed by atoms with Crippen LogP contribution in [0.25, 0.3) is 39.0 Å². The third-order valence-corrected chi connectivity index (χ3v) is 7.27. The number of halogens is 1. The third kappa shape index (κ3) is 5.11. The number of fused-ring (bicyclic) bond motifs is 2. The average molecular weight is 526 g/mol. The van der Waals surface area contributed by atoms with Crippen LogP contribution in [-0.2, 0) is 0 Å². The second kappa shape index (κ2) is 10.5. The molecule has 7 nitrogen and oxygen atoms in total. The molecule has 1 aliphatic heterocycles. The van der Waals surface area contributed by atoms with Crippen LogP contribution >= 0.6 is 0 Å². The molecule has 0 atom stereocenters. The Morgan fingerprint density at radius 2 is 1.92 bits per heavy atom. The van der Waals surface area contributed by atoms with E-state index in [9.17, 15) is 0 Å². The first kappa shape index (κ1) is 26.4. The number of nitrogens with zero attached hydrogens (tertiary/aromatic N) is 4. The molecule has 1 fully saturated rings. The molecule has 0 unspecified atom stereocenters. The molecule has 0 aliphatic carbocycles. The number of piperidine rings is 1. The maximum atomic E-state index is 16.2. The van der Waals surface area contributed by atoms with Crippen molar-refractivity contribution < 1.29 is 4.39 Å². The van der Waals surface area contributed by atoms with Crippen molar-refractivity contribution in [3.05, 3.63) is 78.7 Å². The van der Waals surface area contributed by atoms with Crippen LogP contribution in [0.1, 0.15) is 52.7 Å². The fourth-order valence-electron chi connectivity index (χ4n) is 4.83. The first-order valence-electron chi connectivity index (χ1n) is 13.4. The van der Waals surface area contributed by atoms with Gasteiger partial charge in [0, 0.05) is 35.5 Å². The first-order chi connectivity index (χ1) is 18.7. The molecule has 3 N–H and O–H groups in total. The predicted molar refractivity (Wildman–Crippen MR) is 159 cm³/mol. The van der Waals surface area contributed by atoms with Crippen molar-refractivity contribution >= 4 is 33.2 Å². The smallest absolute Gasteiger partial charge is 0.161 e. The summed E-state index contributed by atoms with van der Waals surface area (Å²) >= 11 is 0. The van der Waals surface area contributed by atoms with E-state index in [4.69, 9.17) is 4.98 Å². The molecule has 1 saturated heterocycles.